The lowest BCUT2D eigenvalue weighted by Gasteiger charge is -2.31. The summed E-state index contributed by atoms with van der Waals surface area (Å²) in [7, 11) is -1.73. The number of rotatable bonds is 2. The monoisotopic (exact) mass is 308 g/mol. The Labute approximate surface area is 122 Å². The van der Waals surface area contributed by atoms with Crippen molar-refractivity contribution in [1.29, 1.82) is 0 Å². The molecule has 0 radical (unpaired) electrons. The van der Waals surface area contributed by atoms with E-state index < -0.39 is 30.1 Å². The van der Waals surface area contributed by atoms with Crippen LogP contribution in [0.4, 0.5) is 13.2 Å². The van der Waals surface area contributed by atoms with Crippen LogP contribution in [0, 0.1) is 0 Å². The molecule has 4 nitrogen and oxygen atoms in total. The molecule has 0 aliphatic rings. The Morgan fingerprint density at radius 2 is 1.14 bits per heavy atom. The zero-order valence-electron chi connectivity index (χ0n) is 12.3. The standard InChI is InChI=1S/C7H6BF3O2.C6H14O2/c9-7(10,11)5-1-3-6(4-2-5)8(12)13;1-5(2,7)6(3,4)8/h1-4,12-13H;7-8H,1-4H3. The molecule has 0 amide bonds. The first-order valence-corrected chi connectivity index (χ1v) is 6.14. The molecule has 0 aliphatic heterocycles. The van der Waals surface area contributed by atoms with Crippen LogP contribution in [0.15, 0.2) is 24.3 Å². The summed E-state index contributed by atoms with van der Waals surface area (Å²) < 4.78 is 36.0. The highest BCUT2D eigenvalue weighted by Crippen LogP contribution is 2.28. The van der Waals surface area contributed by atoms with Gasteiger partial charge in [0.25, 0.3) is 0 Å². The van der Waals surface area contributed by atoms with Gasteiger partial charge in [0.05, 0.1) is 16.8 Å². The van der Waals surface area contributed by atoms with Gasteiger partial charge in [-0.25, -0.2) is 0 Å². The van der Waals surface area contributed by atoms with Gasteiger partial charge < -0.3 is 20.3 Å². The summed E-state index contributed by atoms with van der Waals surface area (Å²) in [5.41, 5.74) is -2.79. The van der Waals surface area contributed by atoms with Gasteiger partial charge in [-0.1, -0.05) is 24.3 Å². The number of hydrogen-bond acceptors (Lipinski definition) is 4. The van der Waals surface area contributed by atoms with Crippen LogP contribution in [-0.4, -0.2) is 38.6 Å². The molecule has 21 heavy (non-hydrogen) atoms. The molecule has 8 heteroatoms. The molecule has 0 bridgehead atoms. The molecule has 1 rings (SSSR count). The molecule has 0 fully saturated rings. The maximum Gasteiger partial charge on any atom is 0.488 e. The van der Waals surface area contributed by atoms with Gasteiger partial charge in [0.1, 0.15) is 0 Å². The van der Waals surface area contributed by atoms with Crippen LogP contribution in [0.5, 0.6) is 0 Å². The molecule has 1 aromatic rings. The minimum atomic E-state index is -4.39. The third-order valence-electron chi connectivity index (χ3n) is 3.03. The zero-order valence-corrected chi connectivity index (χ0v) is 12.3. The number of halogens is 3. The van der Waals surface area contributed by atoms with Crippen LogP contribution in [0.1, 0.15) is 33.3 Å². The summed E-state index contributed by atoms with van der Waals surface area (Å²) in [6.07, 6.45) is -4.39. The molecule has 0 unspecified atom stereocenters. The topological polar surface area (TPSA) is 80.9 Å². The molecule has 0 saturated heterocycles. The van der Waals surface area contributed by atoms with Gasteiger partial charge in [-0.15, -0.1) is 0 Å². The van der Waals surface area contributed by atoms with Crippen molar-refractivity contribution >= 4 is 12.6 Å². The van der Waals surface area contributed by atoms with Gasteiger partial charge in [0, 0.05) is 0 Å². The fourth-order valence-corrected chi connectivity index (χ4v) is 0.844. The van der Waals surface area contributed by atoms with Crippen molar-refractivity contribution in [2.24, 2.45) is 0 Å². The predicted molar refractivity (Wildman–Crippen MR) is 73.9 cm³/mol. The van der Waals surface area contributed by atoms with Crippen molar-refractivity contribution in [1.82, 2.24) is 0 Å². The summed E-state index contributed by atoms with van der Waals surface area (Å²) in [4.78, 5) is 0. The Morgan fingerprint density at radius 1 is 0.810 bits per heavy atom. The third kappa shape index (κ3) is 6.95. The highest BCUT2D eigenvalue weighted by molar-refractivity contribution is 6.58. The first-order valence-electron chi connectivity index (χ1n) is 6.14. The Balaban J connectivity index is 0.000000433. The molecule has 0 saturated carbocycles. The highest BCUT2D eigenvalue weighted by Gasteiger charge is 2.32. The average Bonchev–Trinajstić information content (AvgIpc) is 2.26. The second-order valence-corrected chi connectivity index (χ2v) is 5.61. The summed E-state index contributed by atoms with van der Waals surface area (Å²) in [6, 6.07) is 3.64. The van der Waals surface area contributed by atoms with E-state index in [0.29, 0.717) is 0 Å². The van der Waals surface area contributed by atoms with Crippen molar-refractivity contribution in [2.75, 3.05) is 0 Å². The maximum absolute atomic E-state index is 12.0. The quantitative estimate of drug-likeness (QED) is 0.612. The van der Waals surface area contributed by atoms with Crippen LogP contribution < -0.4 is 5.46 Å². The van der Waals surface area contributed by atoms with Crippen LogP contribution in [0.3, 0.4) is 0 Å². The van der Waals surface area contributed by atoms with Crippen molar-refractivity contribution in [3.05, 3.63) is 29.8 Å². The molecule has 4 N–H and O–H groups in total. The van der Waals surface area contributed by atoms with Crippen molar-refractivity contribution in [3.63, 3.8) is 0 Å². The molecule has 0 heterocycles. The van der Waals surface area contributed by atoms with Crippen LogP contribution >= 0.6 is 0 Å². The number of benzene rings is 1. The van der Waals surface area contributed by atoms with Crippen molar-refractivity contribution in [2.45, 2.75) is 45.1 Å². The molecule has 1 aromatic carbocycles. The lowest BCUT2D eigenvalue weighted by atomic mass is 9.80. The van der Waals surface area contributed by atoms with Gasteiger partial charge >= 0.3 is 13.3 Å². The van der Waals surface area contributed by atoms with Gasteiger partial charge in [0.2, 0.25) is 0 Å². The number of aliphatic hydroxyl groups is 2. The first-order chi connectivity index (χ1) is 9.16. The van der Waals surface area contributed by atoms with Gasteiger partial charge in [0.15, 0.2) is 0 Å². The zero-order chi connectivity index (χ0) is 17.1. The normalized spacial score (nSPS) is 12.5. The van der Waals surface area contributed by atoms with E-state index in [1.54, 1.807) is 27.7 Å². The first kappa shape index (κ1) is 19.9. The van der Waals surface area contributed by atoms with E-state index in [2.05, 4.69) is 0 Å². The summed E-state index contributed by atoms with van der Waals surface area (Å²) >= 11 is 0. The third-order valence-corrected chi connectivity index (χ3v) is 3.03. The van der Waals surface area contributed by atoms with Gasteiger partial charge in [-0.05, 0) is 33.2 Å². The minimum absolute atomic E-state index is 0.0352. The molecule has 0 aliphatic carbocycles. The smallest absolute Gasteiger partial charge is 0.423 e. The average molecular weight is 308 g/mol. The predicted octanol–water partition coefficient (Wildman–Crippen LogP) is 0.913. The Morgan fingerprint density at radius 3 is 1.33 bits per heavy atom. The Bertz CT molecular complexity index is 419. The molecular formula is C13H20BF3O4. The molecular weight excluding hydrogens is 288 g/mol. The summed E-state index contributed by atoms with van der Waals surface area (Å²) in [5, 5.41) is 35.4. The van der Waals surface area contributed by atoms with E-state index >= 15 is 0 Å². The fourth-order valence-electron chi connectivity index (χ4n) is 0.844. The molecule has 0 spiro atoms. The summed E-state index contributed by atoms with van der Waals surface area (Å²) in [5.74, 6) is 0. The second-order valence-electron chi connectivity index (χ2n) is 5.61. The van der Waals surface area contributed by atoms with Crippen LogP contribution in [0.2, 0.25) is 0 Å². The van der Waals surface area contributed by atoms with E-state index in [9.17, 15) is 13.2 Å². The maximum atomic E-state index is 12.0. The largest absolute Gasteiger partial charge is 0.488 e. The minimum Gasteiger partial charge on any atom is -0.423 e. The van der Waals surface area contributed by atoms with Crippen LogP contribution in [0.25, 0.3) is 0 Å². The van der Waals surface area contributed by atoms with Crippen molar-refractivity contribution < 1.29 is 33.4 Å². The Hall–Kier alpha value is -1.09. The number of hydrogen-bond donors (Lipinski definition) is 4. The van der Waals surface area contributed by atoms with E-state index in [1.165, 1.54) is 0 Å². The van der Waals surface area contributed by atoms with Crippen LogP contribution in [-0.2, 0) is 6.18 Å². The van der Waals surface area contributed by atoms with E-state index in [-0.39, 0.29) is 5.46 Å². The van der Waals surface area contributed by atoms with Crippen molar-refractivity contribution in [3.8, 4) is 0 Å². The van der Waals surface area contributed by atoms with Gasteiger partial charge in [-0.2, -0.15) is 13.2 Å². The van der Waals surface area contributed by atoms with E-state index in [4.69, 9.17) is 20.3 Å². The summed E-state index contributed by atoms with van der Waals surface area (Å²) in [6.45, 7) is 6.31. The van der Waals surface area contributed by atoms with E-state index in [0.717, 1.165) is 24.3 Å². The SMILES string of the molecule is CC(C)(O)C(C)(C)O.OB(O)c1ccc(C(F)(F)F)cc1. The lowest BCUT2D eigenvalue weighted by molar-refractivity contribution is -0.137. The fraction of sp³-hybridized carbons (Fsp3) is 0.538. The second kappa shape index (κ2) is 6.78. The molecule has 120 valence electrons. The highest BCUT2D eigenvalue weighted by atomic mass is 19.4. The lowest BCUT2D eigenvalue weighted by Crippen LogP contribution is -2.44. The molecule has 0 atom stereocenters. The number of alkyl halides is 3. The van der Waals surface area contributed by atoms with Gasteiger partial charge in [-0.3, -0.25) is 0 Å². The molecule has 0 aromatic heterocycles. The van der Waals surface area contributed by atoms with E-state index in [1.807, 2.05) is 0 Å². The Kier molecular flexibility index (Phi) is 6.43.